The van der Waals surface area contributed by atoms with Crippen LogP contribution in [0, 0.1) is 5.92 Å². The summed E-state index contributed by atoms with van der Waals surface area (Å²) in [5.41, 5.74) is 0.622. The lowest BCUT2D eigenvalue weighted by Gasteiger charge is -2.57. The SMILES string of the molecule is COc1ccc2c3c1OC1C(=O)C=C[C@@]4(O)[C@H](CCC[C@]314)C2. The standard InChI is InChI=1S/C18H18O4/c1-21-13-5-4-10-9-11-3-2-7-17-14(10)15(13)22-16(17)12(19)6-8-18(11,17)20/h4-6,8,11,16,20H,2-3,7,9H2,1H3/t11-,16?,17+,18-/m1/s1. The predicted molar refractivity (Wildman–Crippen MR) is 79.2 cm³/mol. The Labute approximate surface area is 128 Å². The van der Waals surface area contributed by atoms with E-state index in [0.717, 1.165) is 31.2 Å². The Morgan fingerprint density at radius 1 is 1.41 bits per heavy atom. The fourth-order valence-corrected chi connectivity index (χ4v) is 5.37. The Hall–Kier alpha value is -1.81. The van der Waals surface area contributed by atoms with Gasteiger partial charge in [-0.25, -0.2) is 0 Å². The van der Waals surface area contributed by atoms with Crippen molar-refractivity contribution in [1.29, 1.82) is 0 Å². The topological polar surface area (TPSA) is 55.8 Å². The van der Waals surface area contributed by atoms with E-state index in [0.29, 0.717) is 11.5 Å². The number of hydrogen-bond acceptors (Lipinski definition) is 4. The summed E-state index contributed by atoms with van der Waals surface area (Å²) in [6, 6.07) is 3.99. The third-order valence-electron chi connectivity index (χ3n) is 6.24. The first-order chi connectivity index (χ1) is 10.6. The minimum Gasteiger partial charge on any atom is -0.493 e. The molecule has 1 saturated carbocycles. The molecule has 4 heteroatoms. The van der Waals surface area contributed by atoms with E-state index >= 15 is 0 Å². The minimum atomic E-state index is -0.978. The molecule has 0 radical (unpaired) electrons. The average molecular weight is 298 g/mol. The van der Waals surface area contributed by atoms with Gasteiger partial charge in [0.2, 0.25) is 0 Å². The van der Waals surface area contributed by atoms with Crippen LogP contribution >= 0.6 is 0 Å². The molecule has 5 rings (SSSR count). The maximum Gasteiger partial charge on any atom is 0.196 e. The van der Waals surface area contributed by atoms with Crippen LogP contribution in [-0.2, 0) is 16.6 Å². The summed E-state index contributed by atoms with van der Waals surface area (Å²) in [5, 5.41) is 11.5. The number of rotatable bonds is 1. The second-order valence-electron chi connectivity index (χ2n) is 6.95. The third-order valence-corrected chi connectivity index (χ3v) is 6.24. The van der Waals surface area contributed by atoms with E-state index in [-0.39, 0.29) is 11.7 Å². The Balaban J connectivity index is 1.90. The van der Waals surface area contributed by atoms with Gasteiger partial charge in [-0.2, -0.15) is 0 Å². The quantitative estimate of drug-likeness (QED) is 0.860. The molecular weight excluding hydrogens is 280 g/mol. The molecule has 4 nitrogen and oxygen atoms in total. The zero-order valence-electron chi connectivity index (χ0n) is 12.5. The van der Waals surface area contributed by atoms with Gasteiger partial charge in [0.25, 0.3) is 0 Å². The summed E-state index contributed by atoms with van der Waals surface area (Å²) in [6.45, 7) is 0. The lowest BCUT2D eigenvalue weighted by molar-refractivity contribution is -0.144. The van der Waals surface area contributed by atoms with Gasteiger partial charge in [0, 0.05) is 5.56 Å². The van der Waals surface area contributed by atoms with Gasteiger partial charge < -0.3 is 14.6 Å². The van der Waals surface area contributed by atoms with Crippen molar-refractivity contribution < 1.29 is 19.4 Å². The monoisotopic (exact) mass is 298 g/mol. The van der Waals surface area contributed by atoms with E-state index in [4.69, 9.17) is 9.47 Å². The number of carbonyl (C=O) groups is 1. The first-order valence-corrected chi connectivity index (χ1v) is 7.94. The highest BCUT2D eigenvalue weighted by Crippen LogP contribution is 2.65. The highest BCUT2D eigenvalue weighted by Gasteiger charge is 2.70. The largest absolute Gasteiger partial charge is 0.493 e. The Morgan fingerprint density at radius 2 is 2.27 bits per heavy atom. The molecule has 1 fully saturated rings. The van der Waals surface area contributed by atoms with Crippen LogP contribution < -0.4 is 9.47 Å². The van der Waals surface area contributed by atoms with Crippen molar-refractivity contribution in [2.75, 3.05) is 7.11 Å². The molecule has 114 valence electrons. The lowest BCUT2D eigenvalue weighted by atomic mass is 9.47. The molecule has 1 aromatic rings. The molecule has 4 atom stereocenters. The van der Waals surface area contributed by atoms with E-state index in [9.17, 15) is 9.90 Å². The second kappa shape index (κ2) is 3.74. The molecule has 1 N–H and O–H groups in total. The van der Waals surface area contributed by atoms with E-state index in [1.807, 2.05) is 6.07 Å². The van der Waals surface area contributed by atoms with Gasteiger partial charge in [-0.15, -0.1) is 0 Å². The number of benzene rings is 1. The number of hydrogen-bond donors (Lipinski definition) is 1. The zero-order chi connectivity index (χ0) is 15.1. The molecule has 1 aromatic carbocycles. The molecule has 1 unspecified atom stereocenters. The summed E-state index contributed by atoms with van der Waals surface area (Å²) >= 11 is 0. The normalized spacial score (nSPS) is 40.2. The lowest BCUT2D eigenvalue weighted by Crippen LogP contribution is -2.68. The van der Waals surface area contributed by atoms with E-state index in [1.165, 1.54) is 11.6 Å². The highest BCUT2D eigenvalue weighted by molar-refractivity contribution is 5.98. The van der Waals surface area contributed by atoms with Gasteiger partial charge in [-0.1, -0.05) is 12.5 Å². The summed E-state index contributed by atoms with van der Waals surface area (Å²) in [5.74, 6) is 1.43. The number of aliphatic hydroxyl groups is 1. The van der Waals surface area contributed by atoms with Gasteiger partial charge in [0.05, 0.1) is 12.5 Å². The molecule has 0 saturated heterocycles. The van der Waals surface area contributed by atoms with Gasteiger partial charge >= 0.3 is 0 Å². The maximum absolute atomic E-state index is 12.5. The van der Waals surface area contributed by atoms with Crippen LogP contribution in [-0.4, -0.2) is 29.7 Å². The number of methoxy groups -OCH3 is 1. The molecular formula is C18H18O4. The first kappa shape index (κ1) is 12.7. The van der Waals surface area contributed by atoms with Crippen LogP contribution in [0.15, 0.2) is 24.3 Å². The van der Waals surface area contributed by atoms with Crippen molar-refractivity contribution in [3.8, 4) is 11.5 Å². The van der Waals surface area contributed by atoms with Crippen molar-refractivity contribution in [2.24, 2.45) is 5.92 Å². The van der Waals surface area contributed by atoms with Crippen LogP contribution in [0.25, 0.3) is 0 Å². The van der Waals surface area contributed by atoms with Gasteiger partial charge in [-0.05, 0) is 49.0 Å². The van der Waals surface area contributed by atoms with Crippen molar-refractivity contribution in [1.82, 2.24) is 0 Å². The van der Waals surface area contributed by atoms with Crippen LogP contribution in [0.1, 0.15) is 30.4 Å². The molecule has 1 spiro atoms. The van der Waals surface area contributed by atoms with Crippen molar-refractivity contribution >= 4 is 5.78 Å². The molecule has 1 aliphatic heterocycles. The zero-order valence-corrected chi connectivity index (χ0v) is 12.5. The Bertz CT molecular complexity index is 737. The molecule has 1 heterocycles. The van der Waals surface area contributed by atoms with Crippen LogP contribution in [0.3, 0.4) is 0 Å². The third kappa shape index (κ3) is 1.12. The predicted octanol–water partition coefficient (Wildman–Crippen LogP) is 1.92. The molecule has 22 heavy (non-hydrogen) atoms. The fraction of sp³-hybridized carbons (Fsp3) is 0.500. The minimum absolute atomic E-state index is 0.0450. The van der Waals surface area contributed by atoms with E-state index in [1.54, 1.807) is 13.2 Å². The van der Waals surface area contributed by atoms with Gasteiger partial charge in [0.15, 0.2) is 23.4 Å². The van der Waals surface area contributed by atoms with Crippen LogP contribution in [0.2, 0.25) is 0 Å². The molecule has 2 bridgehead atoms. The fourth-order valence-electron chi connectivity index (χ4n) is 5.37. The summed E-state index contributed by atoms with van der Waals surface area (Å²) in [4.78, 5) is 12.5. The van der Waals surface area contributed by atoms with Crippen LogP contribution in [0.5, 0.6) is 11.5 Å². The average Bonchev–Trinajstić information content (AvgIpc) is 2.85. The summed E-state index contributed by atoms with van der Waals surface area (Å²) < 4.78 is 11.5. The molecule has 4 aliphatic rings. The molecule has 0 aromatic heterocycles. The first-order valence-electron chi connectivity index (χ1n) is 7.94. The second-order valence-corrected chi connectivity index (χ2v) is 6.95. The molecule has 0 amide bonds. The number of carbonyl (C=O) groups excluding carboxylic acids is 1. The number of ether oxygens (including phenoxy) is 2. The smallest absolute Gasteiger partial charge is 0.196 e. The Morgan fingerprint density at radius 3 is 3.09 bits per heavy atom. The van der Waals surface area contributed by atoms with Crippen molar-refractivity contribution in [3.05, 3.63) is 35.4 Å². The van der Waals surface area contributed by atoms with Gasteiger partial charge in [-0.3, -0.25) is 4.79 Å². The van der Waals surface area contributed by atoms with Crippen LogP contribution in [0.4, 0.5) is 0 Å². The molecule has 3 aliphatic carbocycles. The summed E-state index contributed by atoms with van der Waals surface area (Å²) in [7, 11) is 1.61. The maximum atomic E-state index is 12.5. The summed E-state index contributed by atoms with van der Waals surface area (Å²) in [6.07, 6.45) is 6.28. The highest BCUT2D eigenvalue weighted by atomic mass is 16.5. The van der Waals surface area contributed by atoms with E-state index in [2.05, 4.69) is 6.07 Å². The Kier molecular flexibility index (Phi) is 2.16. The number of ketones is 1. The van der Waals surface area contributed by atoms with Crippen molar-refractivity contribution in [3.63, 3.8) is 0 Å². The van der Waals surface area contributed by atoms with E-state index < -0.39 is 17.1 Å². The van der Waals surface area contributed by atoms with Crippen molar-refractivity contribution in [2.45, 2.75) is 42.8 Å². The van der Waals surface area contributed by atoms with Gasteiger partial charge in [0.1, 0.15) is 5.60 Å².